The molecule has 1 atom stereocenters. The monoisotopic (exact) mass is 276 g/mol. The van der Waals surface area contributed by atoms with Gasteiger partial charge in [-0.05, 0) is 13.8 Å². The fourth-order valence-electron chi connectivity index (χ4n) is 0.944. The van der Waals surface area contributed by atoms with Gasteiger partial charge in [-0.1, -0.05) is 0 Å². The van der Waals surface area contributed by atoms with E-state index in [2.05, 4.69) is 9.29 Å². The summed E-state index contributed by atoms with van der Waals surface area (Å²) >= 11 is 11.2. The van der Waals surface area contributed by atoms with Gasteiger partial charge < -0.3 is 9.79 Å². The second kappa shape index (κ2) is 6.71. The third-order valence-corrected chi connectivity index (χ3v) is 3.00. The lowest BCUT2D eigenvalue weighted by atomic mass is 10.5. The van der Waals surface area contributed by atoms with E-state index in [0.29, 0.717) is 18.9 Å². The highest BCUT2D eigenvalue weighted by Crippen LogP contribution is 2.42. The van der Waals surface area contributed by atoms with E-state index in [4.69, 9.17) is 28.1 Å². The lowest BCUT2D eigenvalue weighted by Gasteiger charge is -2.23. The van der Waals surface area contributed by atoms with Crippen molar-refractivity contribution in [2.75, 3.05) is 20.2 Å². The standard InChI is InChI=1S/C7H15Cl2N2O3P/c1-4-11(5-7(8)9)6(2)10-15(12,13)14-3/h7H,4-5H2,1-3H3,(H,12,13). The molecule has 15 heavy (non-hydrogen) atoms. The van der Waals surface area contributed by atoms with Crippen molar-refractivity contribution in [3.05, 3.63) is 0 Å². The molecule has 0 aliphatic heterocycles. The van der Waals surface area contributed by atoms with Gasteiger partial charge in [0.15, 0.2) is 0 Å². The minimum absolute atomic E-state index is 0.346. The Kier molecular flexibility index (Phi) is 6.80. The molecule has 0 aromatic rings. The second-order valence-corrected chi connectivity index (χ2v) is 5.57. The maximum Gasteiger partial charge on any atom is 0.452 e. The summed E-state index contributed by atoms with van der Waals surface area (Å²) in [6, 6.07) is 0. The van der Waals surface area contributed by atoms with Gasteiger partial charge in [-0.2, -0.15) is 4.76 Å². The molecule has 0 aromatic carbocycles. The highest BCUT2D eigenvalue weighted by molar-refractivity contribution is 7.51. The van der Waals surface area contributed by atoms with Crippen LogP contribution < -0.4 is 0 Å². The average Bonchev–Trinajstić information content (AvgIpc) is 2.13. The van der Waals surface area contributed by atoms with Crippen LogP contribution in [0, 0.1) is 0 Å². The summed E-state index contributed by atoms with van der Waals surface area (Å²) in [5, 5.41) is 0. The van der Waals surface area contributed by atoms with Crippen LogP contribution in [-0.2, 0) is 9.09 Å². The third-order valence-electron chi connectivity index (χ3n) is 1.71. The van der Waals surface area contributed by atoms with Gasteiger partial charge in [0, 0.05) is 20.2 Å². The van der Waals surface area contributed by atoms with Crippen LogP contribution in [0.4, 0.5) is 0 Å². The van der Waals surface area contributed by atoms with Crippen molar-refractivity contribution >= 4 is 36.8 Å². The molecule has 0 saturated heterocycles. The van der Waals surface area contributed by atoms with E-state index in [9.17, 15) is 4.57 Å². The lowest BCUT2D eigenvalue weighted by molar-refractivity contribution is 0.316. The van der Waals surface area contributed by atoms with Gasteiger partial charge in [0.1, 0.15) is 10.7 Å². The molecule has 0 fully saturated rings. The summed E-state index contributed by atoms with van der Waals surface area (Å²) in [6.45, 7) is 4.40. The van der Waals surface area contributed by atoms with E-state index in [1.165, 1.54) is 0 Å². The van der Waals surface area contributed by atoms with Gasteiger partial charge in [-0.3, -0.25) is 4.52 Å². The average molecular weight is 277 g/mol. The molecule has 0 bridgehead atoms. The Morgan fingerprint density at radius 2 is 2.20 bits per heavy atom. The second-order valence-electron chi connectivity index (χ2n) is 2.75. The number of amidine groups is 1. The van der Waals surface area contributed by atoms with Crippen molar-refractivity contribution < 1.29 is 14.0 Å². The summed E-state index contributed by atoms with van der Waals surface area (Å²) in [7, 11) is -2.76. The van der Waals surface area contributed by atoms with Crippen LogP contribution in [0.2, 0.25) is 0 Å². The number of nitrogens with zero attached hydrogens (tertiary/aromatic N) is 2. The highest BCUT2D eigenvalue weighted by Gasteiger charge is 2.18. The smallest absolute Gasteiger partial charge is 0.358 e. The van der Waals surface area contributed by atoms with Crippen molar-refractivity contribution in [1.29, 1.82) is 0 Å². The van der Waals surface area contributed by atoms with Gasteiger partial charge in [-0.25, -0.2) is 4.57 Å². The Hall–Kier alpha value is 0.200. The Labute approximate surface area is 99.6 Å². The predicted octanol–water partition coefficient (Wildman–Crippen LogP) is 2.28. The fourth-order valence-corrected chi connectivity index (χ4v) is 1.85. The Morgan fingerprint density at radius 3 is 2.53 bits per heavy atom. The summed E-state index contributed by atoms with van der Waals surface area (Å²) < 4.78 is 19.1. The van der Waals surface area contributed by atoms with Gasteiger partial charge in [0.25, 0.3) is 0 Å². The molecule has 8 heteroatoms. The molecule has 0 saturated carbocycles. The largest absolute Gasteiger partial charge is 0.452 e. The van der Waals surface area contributed by atoms with Gasteiger partial charge in [0.05, 0.1) is 0 Å². The molecule has 0 aliphatic rings. The van der Waals surface area contributed by atoms with Crippen molar-refractivity contribution in [2.24, 2.45) is 4.76 Å². The zero-order valence-corrected chi connectivity index (χ0v) is 11.3. The van der Waals surface area contributed by atoms with Crippen molar-refractivity contribution in [1.82, 2.24) is 4.90 Å². The fraction of sp³-hybridized carbons (Fsp3) is 0.857. The van der Waals surface area contributed by atoms with Gasteiger partial charge >= 0.3 is 7.75 Å². The normalized spacial score (nSPS) is 16.6. The minimum Gasteiger partial charge on any atom is -0.358 e. The molecule has 0 aromatic heterocycles. The van der Waals surface area contributed by atoms with Crippen LogP contribution >= 0.6 is 30.9 Å². The first kappa shape index (κ1) is 15.2. The Balaban J connectivity index is 4.64. The number of rotatable bonds is 5. The molecule has 1 N–H and O–H groups in total. The molecular weight excluding hydrogens is 262 g/mol. The third kappa shape index (κ3) is 6.38. The van der Waals surface area contributed by atoms with Crippen LogP contribution in [0.15, 0.2) is 4.76 Å². The van der Waals surface area contributed by atoms with Gasteiger partial charge in [-0.15, -0.1) is 23.2 Å². The highest BCUT2D eigenvalue weighted by atomic mass is 35.5. The lowest BCUT2D eigenvalue weighted by Crippen LogP contribution is -2.32. The number of halogens is 2. The summed E-state index contributed by atoms with van der Waals surface area (Å²) in [4.78, 5) is 10.2. The first-order chi connectivity index (χ1) is 6.82. The van der Waals surface area contributed by atoms with E-state index < -0.39 is 12.6 Å². The zero-order valence-electron chi connectivity index (χ0n) is 8.85. The predicted molar refractivity (Wildman–Crippen MR) is 62.7 cm³/mol. The van der Waals surface area contributed by atoms with Crippen LogP contribution in [0.5, 0.6) is 0 Å². The first-order valence-electron chi connectivity index (χ1n) is 4.30. The Bertz CT molecular complexity index is 273. The number of hydrogen-bond donors (Lipinski definition) is 1. The van der Waals surface area contributed by atoms with E-state index in [1.807, 2.05) is 6.92 Å². The van der Waals surface area contributed by atoms with E-state index in [-0.39, 0.29) is 0 Å². The molecule has 5 nitrogen and oxygen atoms in total. The zero-order chi connectivity index (χ0) is 12.1. The summed E-state index contributed by atoms with van der Waals surface area (Å²) in [6.07, 6.45) is 0. The maximum atomic E-state index is 11.2. The van der Waals surface area contributed by atoms with Crippen LogP contribution in [0.1, 0.15) is 13.8 Å². The SMILES string of the molecule is CCN(CC(Cl)Cl)C(C)=NP(=O)(O)OC. The minimum atomic E-state index is -3.88. The summed E-state index contributed by atoms with van der Waals surface area (Å²) in [5.74, 6) is 0.372. The molecule has 1 unspecified atom stereocenters. The van der Waals surface area contributed by atoms with Crippen LogP contribution in [-0.4, -0.2) is 40.7 Å². The molecule has 0 aliphatic carbocycles. The number of hydrogen-bond acceptors (Lipinski definition) is 2. The quantitative estimate of drug-likeness (QED) is 0.362. The molecule has 0 radical (unpaired) electrons. The van der Waals surface area contributed by atoms with Crippen molar-refractivity contribution in [3.8, 4) is 0 Å². The molecular formula is C7H15Cl2N2O3P. The maximum absolute atomic E-state index is 11.2. The van der Waals surface area contributed by atoms with Crippen LogP contribution in [0.25, 0.3) is 0 Å². The first-order valence-corrected chi connectivity index (χ1v) is 6.71. The molecule has 0 heterocycles. The molecule has 0 amide bonds. The molecule has 0 rings (SSSR count). The van der Waals surface area contributed by atoms with E-state index in [0.717, 1.165) is 7.11 Å². The van der Waals surface area contributed by atoms with Crippen molar-refractivity contribution in [2.45, 2.75) is 18.7 Å². The van der Waals surface area contributed by atoms with Crippen molar-refractivity contribution in [3.63, 3.8) is 0 Å². The molecule has 90 valence electrons. The van der Waals surface area contributed by atoms with E-state index in [1.54, 1.807) is 11.8 Å². The molecule has 0 spiro atoms. The van der Waals surface area contributed by atoms with Crippen LogP contribution in [0.3, 0.4) is 0 Å². The van der Waals surface area contributed by atoms with Gasteiger partial charge in [0.2, 0.25) is 0 Å². The Morgan fingerprint density at radius 1 is 1.67 bits per heavy atom. The van der Waals surface area contributed by atoms with E-state index >= 15 is 0 Å². The topological polar surface area (TPSA) is 62.1 Å². The number of alkyl halides is 2. The summed E-state index contributed by atoms with van der Waals surface area (Å²) in [5.41, 5.74) is 0.